The van der Waals surface area contributed by atoms with Gasteiger partial charge < -0.3 is 15.5 Å². The number of aromatic hydroxyl groups is 2. The maximum Gasteiger partial charge on any atom is 0.184 e. The van der Waals surface area contributed by atoms with E-state index in [4.69, 9.17) is 0 Å². The summed E-state index contributed by atoms with van der Waals surface area (Å²) in [5, 5.41) is 32.5. The zero-order valence-electron chi connectivity index (χ0n) is 11.2. The normalized spacial score (nSPS) is 10.4. The van der Waals surface area contributed by atoms with Gasteiger partial charge in [-0.3, -0.25) is 4.98 Å². The fourth-order valence-corrected chi connectivity index (χ4v) is 2.57. The first-order valence-corrected chi connectivity index (χ1v) is 7.16. The highest BCUT2D eigenvalue weighted by molar-refractivity contribution is 9.10. The average Bonchev–Trinajstić information content (AvgIpc) is 2.51. The molecule has 0 aliphatic heterocycles. The Bertz CT molecular complexity index is 919. The number of phenolic OH excluding ortho intramolecular Hbond substituents is 2. The Labute approximate surface area is 134 Å². The van der Waals surface area contributed by atoms with Crippen molar-refractivity contribution in [3.8, 4) is 17.6 Å². The molecule has 0 radical (unpaired) electrons. The van der Waals surface area contributed by atoms with E-state index in [0.717, 1.165) is 10.2 Å². The fraction of sp³-hybridized carbons (Fsp3) is 0. The number of phenols is 2. The number of nitriles is 1. The van der Waals surface area contributed by atoms with E-state index in [0.29, 0.717) is 16.6 Å². The standard InChI is InChI=1S/C16H10BrN3O2/c17-10-2-1-3-11(6-10)20-14-9(7-18)8-19-15-12(14)4-5-13(21)16(15)22/h1-6,8,21-22H,(H,19,20). The lowest BCUT2D eigenvalue weighted by Crippen LogP contribution is -1.97. The number of halogens is 1. The van der Waals surface area contributed by atoms with Gasteiger partial charge in [0.25, 0.3) is 0 Å². The molecule has 0 spiro atoms. The first-order chi connectivity index (χ1) is 10.6. The molecule has 108 valence electrons. The summed E-state index contributed by atoms with van der Waals surface area (Å²) in [6.45, 7) is 0. The van der Waals surface area contributed by atoms with Crippen molar-refractivity contribution in [3.05, 3.63) is 52.6 Å². The lowest BCUT2D eigenvalue weighted by Gasteiger charge is -2.12. The van der Waals surface area contributed by atoms with Gasteiger partial charge in [0, 0.05) is 21.7 Å². The Morgan fingerprint density at radius 3 is 2.73 bits per heavy atom. The number of hydrogen-bond acceptors (Lipinski definition) is 5. The zero-order valence-corrected chi connectivity index (χ0v) is 12.8. The summed E-state index contributed by atoms with van der Waals surface area (Å²) in [4.78, 5) is 4.05. The van der Waals surface area contributed by atoms with Gasteiger partial charge in [-0.2, -0.15) is 5.26 Å². The first-order valence-electron chi connectivity index (χ1n) is 6.36. The Balaban J connectivity index is 2.22. The molecule has 22 heavy (non-hydrogen) atoms. The van der Waals surface area contributed by atoms with Gasteiger partial charge in [0.05, 0.1) is 11.3 Å². The summed E-state index contributed by atoms with van der Waals surface area (Å²) in [6.07, 6.45) is 1.36. The molecular formula is C16H10BrN3O2. The van der Waals surface area contributed by atoms with E-state index >= 15 is 0 Å². The molecule has 0 aliphatic carbocycles. The largest absolute Gasteiger partial charge is 0.504 e. The zero-order chi connectivity index (χ0) is 15.7. The number of pyridine rings is 1. The monoisotopic (exact) mass is 355 g/mol. The van der Waals surface area contributed by atoms with Gasteiger partial charge in [0.15, 0.2) is 11.5 Å². The van der Waals surface area contributed by atoms with Gasteiger partial charge >= 0.3 is 0 Å². The van der Waals surface area contributed by atoms with Gasteiger partial charge in [0.1, 0.15) is 11.6 Å². The predicted octanol–water partition coefficient (Wildman–Crippen LogP) is 4.02. The number of aromatic nitrogens is 1. The van der Waals surface area contributed by atoms with Crippen LogP contribution in [0.3, 0.4) is 0 Å². The molecule has 0 aliphatic rings. The molecule has 0 atom stereocenters. The SMILES string of the molecule is N#Cc1cnc2c(O)c(O)ccc2c1Nc1cccc(Br)c1. The quantitative estimate of drug-likeness (QED) is 0.604. The summed E-state index contributed by atoms with van der Waals surface area (Å²) < 4.78 is 0.898. The lowest BCUT2D eigenvalue weighted by atomic mass is 10.1. The van der Waals surface area contributed by atoms with E-state index in [1.165, 1.54) is 12.3 Å². The van der Waals surface area contributed by atoms with Crippen LogP contribution in [0, 0.1) is 11.3 Å². The number of anilines is 2. The number of nitrogens with zero attached hydrogens (tertiary/aromatic N) is 2. The van der Waals surface area contributed by atoms with E-state index in [2.05, 4.69) is 32.3 Å². The van der Waals surface area contributed by atoms with Crippen molar-refractivity contribution < 1.29 is 10.2 Å². The van der Waals surface area contributed by atoms with Gasteiger partial charge in [-0.25, -0.2) is 0 Å². The Morgan fingerprint density at radius 1 is 1.18 bits per heavy atom. The molecule has 5 nitrogen and oxygen atoms in total. The summed E-state index contributed by atoms with van der Waals surface area (Å²) in [5.74, 6) is -0.558. The van der Waals surface area contributed by atoms with E-state index in [-0.39, 0.29) is 17.0 Å². The van der Waals surface area contributed by atoms with Crippen molar-refractivity contribution >= 4 is 38.2 Å². The van der Waals surface area contributed by atoms with Crippen molar-refractivity contribution in [1.29, 1.82) is 5.26 Å². The number of nitrogens with one attached hydrogen (secondary N) is 1. The second kappa shape index (κ2) is 5.54. The number of benzene rings is 2. The minimum atomic E-state index is -0.306. The molecule has 0 fully saturated rings. The van der Waals surface area contributed by atoms with Crippen molar-refractivity contribution in [2.45, 2.75) is 0 Å². The second-order valence-corrected chi connectivity index (χ2v) is 5.54. The van der Waals surface area contributed by atoms with Crippen LogP contribution in [0.25, 0.3) is 10.9 Å². The smallest absolute Gasteiger partial charge is 0.184 e. The summed E-state index contributed by atoms with van der Waals surface area (Å²) >= 11 is 3.39. The topological polar surface area (TPSA) is 89.2 Å². The molecule has 0 saturated heterocycles. The number of fused-ring (bicyclic) bond motifs is 1. The predicted molar refractivity (Wildman–Crippen MR) is 87.2 cm³/mol. The molecule has 0 bridgehead atoms. The van der Waals surface area contributed by atoms with Crippen molar-refractivity contribution in [1.82, 2.24) is 4.98 Å². The average molecular weight is 356 g/mol. The van der Waals surface area contributed by atoms with Crippen LogP contribution >= 0.6 is 15.9 Å². The van der Waals surface area contributed by atoms with E-state index in [1.807, 2.05) is 24.3 Å². The highest BCUT2D eigenvalue weighted by Crippen LogP contribution is 2.37. The highest BCUT2D eigenvalue weighted by Gasteiger charge is 2.14. The maximum absolute atomic E-state index is 9.93. The van der Waals surface area contributed by atoms with Crippen molar-refractivity contribution in [3.63, 3.8) is 0 Å². The third kappa shape index (κ3) is 2.43. The summed E-state index contributed by atoms with van der Waals surface area (Å²) in [7, 11) is 0. The molecular weight excluding hydrogens is 346 g/mol. The second-order valence-electron chi connectivity index (χ2n) is 4.62. The molecule has 6 heteroatoms. The van der Waals surface area contributed by atoms with Crippen LogP contribution in [0.15, 0.2) is 47.1 Å². The molecule has 0 unspecified atom stereocenters. The van der Waals surface area contributed by atoms with Gasteiger partial charge in [-0.05, 0) is 30.3 Å². The molecule has 0 amide bonds. The van der Waals surface area contributed by atoms with Crippen LogP contribution in [-0.4, -0.2) is 15.2 Å². The van der Waals surface area contributed by atoms with Crippen molar-refractivity contribution in [2.75, 3.05) is 5.32 Å². The molecule has 3 aromatic rings. The molecule has 1 aromatic heterocycles. The number of hydrogen-bond donors (Lipinski definition) is 3. The van der Waals surface area contributed by atoms with E-state index in [9.17, 15) is 15.5 Å². The van der Waals surface area contributed by atoms with Crippen LogP contribution < -0.4 is 5.32 Å². The van der Waals surface area contributed by atoms with E-state index < -0.39 is 0 Å². The van der Waals surface area contributed by atoms with Crippen LogP contribution in [-0.2, 0) is 0 Å². The van der Waals surface area contributed by atoms with Crippen LogP contribution in [0.4, 0.5) is 11.4 Å². The third-order valence-corrected chi connectivity index (χ3v) is 3.70. The Morgan fingerprint density at radius 2 is 2.00 bits per heavy atom. The minimum absolute atomic E-state index is 0.233. The van der Waals surface area contributed by atoms with Crippen molar-refractivity contribution in [2.24, 2.45) is 0 Å². The maximum atomic E-state index is 9.93. The Hall–Kier alpha value is -2.78. The van der Waals surface area contributed by atoms with Gasteiger partial charge in [-0.15, -0.1) is 0 Å². The first kappa shape index (κ1) is 14.2. The highest BCUT2D eigenvalue weighted by atomic mass is 79.9. The molecule has 3 N–H and O–H groups in total. The van der Waals surface area contributed by atoms with E-state index in [1.54, 1.807) is 6.07 Å². The van der Waals surface area contributed by atoms with Crippen LogP contribution in [0.2, 0.25) is 0 Å². The summed E-state index contributed by atoms with van der Waals surface area (Å²) in [5.41, 5.74) is 1.89. The van der Waals surface area contributed by atoms with Gasteiger partial charge in [-0.1, -0.05) is 22.0 Å². The van der Waals surface area contributed by atoms with Crippen LogP contribution in [0.5, 0.6) is 11.5 Å². The van der Waals surface area contributed by atoms with Gasteiger partial charge in [0.2, 0.25) is 0 Å². The lowest BCUT2D eigenvalue weighted by molar-refractivity contribution is 0.407. The fourth-order valence-electron chi connectivity index (χ4n) is 2.17. The molecule has 1 heterocycles. The molecule has 0 saturated carbocycles. The minimum Gasteiger partial charge on any atom is -0.504 e. The third-order valence-electron chi connectivity index (χ3n) is 3.21. The summed E-state index contributed by atoms with van der Waals surface area (Å²) in [6, 6.07) is 12.5. The van der Waals surface area contributed by atoms with Crippen LogP contribution in [0.1, 0.15) is 5.56 Å². The molecule has 2 aromatic carbocycles. The number of rotatable bonds is 2. The molecule has 3 rings (SSSR count). The Kier molecular flexibility index (Phi) is 3.57.